The molecule has 26 heavy (non-hydrogen) atoms. The van der Waals surface area contributed by atoms with Gasteiger partial charge in [-0.2, -0.15) is 0 Å². The van der Waals surface area contributed by atoms with Gasteiger partial charge in [-0.1, -0.05) is 41.9 Å². The first-order valence-corrected chi connectivity index (χ1v) is 8.62. The summed E-state index contributed by atoms with van der Waals surface area (Å²) < 4.78 is 0. The molecule has 2 aromatic carbocycles. The maximum absolute atomic E-state index is 12.8. The lowest BCUT2D eigenvalue weighted by Crippen LogP contribution is -2.41. The monoisotopic (exact) mass is 369 g/mol. The maximum Gasteiger partial charge on any atom is 0.268 e. The smallest absolute Gasteiger partial charge is 0.268 e. The maximum atomic E-state index is 12.8. The number of fused-ring (bicyclic) bond motifs is 1. The van der Waals surface area contributed by atoms with Crippen molar-refractivity contribution in [3.05, 3.63) is 71.4 Å². The van der Waals surface area contributed by atoms with Gasteiger partial charge >= 0.3 is 0 Å². The third-order valence-corrected chi connectivity index (χ3v) is 4.43. The van der Waals surface area contributed by atoms with E-state index in [0.717, 1.165) is 22.2 Å². The summed E-state index contributed by atoms with van der Waals surface area (Å²) in [4.78, 5) is 22.2. The Bertz CT molecular complexity index is 902. The van der Waals surface area contributed by atoms with Crippen LogP contribution in [0.5, 0.6) is 0 Å². The number of aromatic nitrogens is 1. The summed E-state index contributed by atoms with van der Waals surface area (Å²) in [5.74, 6) is -0.157. The van der Waals surface area contributed by atoms with Crippen LogP contribution in [0.25, 0.3) is 10.9 Å². The van der Waals surface area contributed by atoms with Crippen LogP contribution in [0.4, 0.5) is 5.69 Å². The van der Waals surface area contributed by atoms with Crippen molar-refractivity contribution in [2.75, 3.05) is 19.5 Å². The normalized spacial score (nSPS) is 12.0. The van der Waals surface area contributed by atoms with Crippen molar-refractivity contribution in [1.29, 1.82) is 0 Å². The quantitative estimate of drug-likeness (QED) is 0.669. The molecule has 1 aromatic heterocycles. The van der Waals surface area contributed by atoms with Gasteiger partial charge in [-0.15, -0.1) is 0 Å². The van der Waals surface area contributed by atoms with Crippen LogP contribution in [-0.2, 0) is 16.1 Å². The second-order valence-electron chi connectivity index (χ2n) is 5.92. The number of nitrogens with one attached hydrogen (secondary N) is 1. The van der Waals surface area contributed by atoms with E-state index in [1.54, 1.807) is 19.3 Å². The van der Waals surface area contributed by atoms with Gasteiger partial charge in [0.1, 0.15) is 6.04 Å². The third-order valence-electron chi connectivity index (χ3n) is 4.20. The van der Waals surface area contributed by atoms with E-state index in [4.69, 9.17) is 16.4 Å². The van der Waals surface area contributed by atoms with E-state index < -0.39 is 6.04 Å². The van der Waals surface area contributed by atoms with Crippen LogP contribution in [0.2, 0.25) is 5.02 Å². The van der Waals surface area contributed by atoms with Crippen molar-refractivity contribution in [1.82, 2.24) is 10.0 Å². The van der Waals surface area contributed by atoms with Crippen molar-refractivity contribution in [2.45, 2.75) is 12.5 Å². The van der Waals surface area contributed by atoms with Crippen LogP contribution >= 0.6 is 11.6 Å². The highest BCUT2D eigenvalue weighted by molar-refractivity contribution is 6.31. The minimum atomic E-state index is -0.483. The van der Waals surface area contributed by atoms with Crippen molar-refractivity contribution >= 4 is 34.1 Å². The van der Waals surface area contributed by atoms with Crippen molar-refractivity contribution in [2.24, 2.45) is 0 Å². The number of benzene rings is 2. The van der Waals surface area contributed by atoms with Gasteiger partial charge in [-0.05, 0) is 29.8 Å². The van der Waals surface area contributed by atoms with Crippen LogP contribution in [0.15, 0.2) is 60.8 Å². The summed E-state index contributed by atoms with van der Waals surface area (Å²) in [5, 5.41) is 6.12. The average molecular weight is 370 g/mol. The molecule has 0 saturated carbocycles. The van der Waals surface area contributed by atoms with Crippen LogP contribution in [-0.4, -0.2) is 36.2 Å². The zero-order chi connectivity index (χ0) is 18.5. The highest BCUT2D eigenvalue weighted by atomic mass is 35.5. The van der Waals surface area contributed by atoms with E-state index in [-0.39, 0.29) is 5.91 Å². The van der Waals surface area contributed by atoms with Gasteiger partial charge in [0, 0.05) is 35.8 Å². The molecule has 5 nitrogen and oxygen atoms in total. The lowest BCUT2D eigenvalue weighted by molar-refractivity contribution is -0.169. The van der Waals surface area contributed by atoms with Gasteiger partial charge in [-0.25, -0.2) is 5.06 Å². The first-order valence-electron chi connectivity index (χ1n) is 8.25. The van der Waals surface area contributed by atoms with Crippen molar-refractivity contribution < 1.29 is 9.63 Å². The van der Waals surface area contributed by atoms with Crippen LogP contribution in [0, 0.1) is 0 Å². The minimum Gasteiger partial charge on any atom is -0.373 e. The average Bonchev–Trinajstić information content (AvgIpc) is 2.67. The van der Waals surface area contributed by atoms with Crippen LogP contribution < -0.4 is 5.32 Å². The fourth-order valence-electron chi connectivity index (χ4n) is 2.79. The summed E-state index contributed by atoms with van der Waals surface area (Å²) in [5.41, 5.74) is 2.66. The number of hydrogen-bond donors (Lipinski definition) is 1. The standard InChI is InChI=1S/C20H20ClN3O2/c1-24(26-2)20(25)19(12-14-6-4-3-5-7-14)23-17-10-11-22-18-13-15(21)8-9-16(17)18/h3-11,13,19H,12H2,1-2H3,(H,22,23). The Morgan fingerprint density at radius 3 is 2.73 bits per heavy atom. The first-order chi connectivity index (χ1) is 12.6. The number of hydroxylamine groups is 2. The van der Waals surface area contributed by atoms with Crippen molar-refractivity contribution in [3.63, 3.8) is 0 Å². The van der Waals surface area contributed by atoms with Gasteiger partial charge in [-0.3, -0.25) is 14.6 Å². The predicted octanol–water partition coefficient (Wildman–Crippen LogP) is 3.93. The molecule has 0 fully saturated rings. The summed E-state index contributed by atoms with van der Waals surface area (Å²) in [6, 6.07) is 16.8. The second-order valence-corrected chi connectivity index (χ2v) is 6.36. The van der Waals surface area contributed by atoms with Crippen LogP contribution in [0.1, 0.15) is 5.56 Å². The molecule has 1 heterocycles. The molecule has 0 aliphatic heterocycles. The molecule has 1 atom stereocenters. The van der Waals surface area contributed by atoms with Gasteiger partial charge in [0.15, 0.2) is 0 Å². The highest BCUT2D eigenvalue weighted by Gasteiger charge is 2.23. The zero-order valence-corrected chi connectivity index (χ0v) is 15.4. The summed E-state index contributed by atoms with van der Waals surface area (Å²) in [6.07, 6.45) is 2.23. The number of pyridine rings is 1. The number of anilines is 1. The molecule has 3 rings (SSSR count). The number of amides is 1. The number of halogens is 1. The fraction of sp³-hybridized carbons (Fsp3) is 0.200. The minimum absolute atomic E-state index is 0.157. The number of carbonyl (C=O) groups excluding carboxylic acids is 1. The van der Waals surface area contributed by atoms with Gasteiger partial charge in [0.05, 0.1) is 12.6 Å². The van der Waals surface area contributed by atoms with Crippen LogP contribution in [0.3, 0.4) is 0 Å². The lowest BCUT2D eigenvalue weighted by Gasteiger charge is -2.24. The Morgan fingerprint density at radius 2 is 2.00 bits per heavy atom. The molecule has 0 radical (unpaired) electrons. The SMILES string of the molecule is CON(C)C(=O)C(Cc1ccccc1)Nc1ccnc2cc(Cl)ccc12. The Balaban J connectivity index is 1.93. The van der Waals surface area contributed by atoms with E-state index >= 15 is 0 Å². The summed E-state index contributed by atoms with van der Waals surface area (Å²) in [7, 11) is 3.08. The Kier molecular flexibility index (Phi) is 5.71. The van der Waals surface area contributed by atoms with Crippen molar-refractivity contribution in [3.8, 4) is 0 Å². The van der Waals surface area contributed by atoms with E-state index in [2.05, 4.69) is 10.3 Å². The fourth-order valence-corrected chi connectivity index (χ4v) is 2.96. The Hall–Kier alpha value is -2.63. The molecule has 3 aromatic rings. The Labute approximate surface area is 157 Å². The highest BCUT2D eigenvalue weighted by Crippen LogP contribution is 2.25. The number of rotatable bonds is 6. The molecule has 0 aliphatic rings. The molecular formula is C20H20ClN3O2. The van der Waals surface area contributed by atoms with E-state index in [1.807, 2.05) is 48.5 Å². The van der Waals surface area contributed by atoms with Gasteiger partial charge in [0.25, 0.3) is 5.91 Å². The molecule has 0 saturated heterocycles. The molecular weight excluding hydrogens is 350 g/mol. The topological polar surface area (TPSA) is 54.5 Å². The summed E-state index contributed by atoms with van der Waals surface area (Å²) in [6.45, 7) is 0. The molecule has 0 spiro atoms. The molecule has 1 N–H and O–H groups in total. The molecule has 1 unspecified atom stereocenters. The molecule has 0 bridgehead atoms. The molecule has 6 heteroatoms. The number of carbonyl (C=O) groups is 1. The largest absolute Gasteiger partial charge is 0.373 e. The third kappa shape index (κ3) is 4.12. The second kappa shape index (κ2) is 8.17. The van der Waals surface area contributed by atoms with E-state index in [9.17, 15) is 4.79 Å². The Morgan fingerprint density at radius 1 is 1.23 bits per heavy atom. The van der Waals surface area contributed by atoms with Gasteiger partial charge in [0.2, 0.25) is 0 Å². The predicted molar refractivity (Wildman–Crippen MR) is 104 cm³/mol. The summed E-state index contributed by atoms with van der Waals surface area (Å²) >= 11 is 6.06. The zero-order valence-electron chi connectivity index (χ0n) is 14.6. The van der Waals surface area contributed by atoms with Gasteiger partial charge < -0.3 is 5.32 Å². The molecule has 0 aliphatic carbocycles. The number of hydrogen-bond acceptors (Lipinski definition) is 4. The molecule has 1 amide bonds. The van der Waals surface area contributed by atoms with E-state index in [1.165, 1.54) is 12.2 Å². The number of likely N-dealkylation sites (N-methyl/N-ethyl adjacent to an activating group) is 1. The lowest BCUT2D eigenvalue weighted by atomic mass is 10.0. The van der Waals surface area contributed by atoms with E-state index in [0.29, 0.717) is 11.4 Å². The first kappa shape index (κ1) is 18.2. The number of nitrogens with zero attached hydrogens (tertiary/aromatic N) is 2. The molecule has 134 valence electrons.